The van der Waals surface area contributed by atoms with Crippen LogP contribution in [-0.4, -0.2) is 33.7 Å². The van der Waals surface area contributed by atoms with Crippen molar-refractivity contribution in [3.63, 3.8) is 0 Å². The van der Waals surface area contributed by atoms with E-state index < -0.39 is 0 Å². The fourth-order valence-corrected chi connectivity index (χ4v) is 3.60. The molecule has 0 unspecified atom stereocenters. The van der Waals surface area contributed by atoms with Crippen LogP contribution in [0.25, 0.3) is 11.0 Å². The Morgan fingerprint density at radius 3 is 2.31 bits per heavy atom. The zero-order valence-corrected chi connectivity index (χ0v) is 17.5. The van der Waals surface area contributed by atoms with Crippen molar-refractivity contribution >= 4 is 40.2 Å². The first-order valence-electron chi connectivity index (χ1n) is 8.93. The second-order valence-corrected chi connectivity index (χ2v) is 7.64. The molecular weight excluding hydrogens is 406 g/mol. The smallest absolute Gasteiger partial charge is 0.226 e. The lowest BCUT2D eigenvalue weighted by Gasteiger charge is -2.08. The maximum Gasteiger partial charge on any atom is 0.226 e. The van der Waals surface area contributed by atoms with E-state index in [9.17, 15) is 4.79 Å². The van der Waals surface area contributed by atoms with Crippen molar-refractivity contribution in [3.8, 4) is 5.88 Å². The summed E-state index contributed by atoms with van der Waals surface area (Å²) in [5, 5.41) is 2.15. The standard InChI is InChI=1S/C22H18ClN3O2S/c1-28-21-18-11-12-26(20(18)24-22(25-21)29-2)13-14-3-5-15(6-4-14)19(27)16-7-9-17(23)10-8-16/h3-12H,13H2,1-2H3. The van der Waals surface area contributed by atoms with Gasteiger partial charge in [-0.2, -0.15) is 4.98 Å². The minimum Gasteiger partial charge on any atom is -0.480 e. The molecule has 4 aromatic rings. The lowest BCUT2D eigenvalue weighted by atomic mass is 10.0. The molecule has 7 heteroatoms. The highest BCUT2D eigenvalue weighted by molar-refractivity contribution is 7.98. The second-order valence-electron chi connectivity index (χ2n) is 6.43. The lowest BCUT2D eigenvalue weighted by molar-refractivity contribution is 0.103. The number of carbonyl (C=O) groups excluding carboxylic acids is 1. The van der Waals surface area contributed by atoms with Crippen molar-refractivity contribution < 1.29 is 9.53 Å². The zero-order valence-electron chi connectivity index (χ0n) is 15.9. The number of halogens is 1. The van der Waals surface area contributed by atoms with E-state index in [1.807, 2.05) is 42.8 Å². The van der Waals surface area contributed by atoms with Crippen LogP contribution >= 0.6 is 23.4 Å². The van der Waals surface area contributed by atoms with Gasteiger partial charge in [0.15, 0.2) is 10.9 Å². The van der Waals surface area contributed by atoms with E-state index in [1.165, 1.54) is 11.8 Å². The minimum absolute atomic E-state index is 0.0262. The molecule has 0 aliphatic heterocycles. The summed E-state index contributed by atoms with van der Waals surface area (Å²) in [4.78, 5) is 21.6. The van der Waals surface area contributed by atoms with Gasteiger partial charge in [0.1, 0.15) is 5.65 Å². The summed E-state index contributed by atoms with van der Waals surface area (Å²) < 4.78 is 7.45. The number of thioether (sulfide) groups is 1. The van der Waals surface area contributed by atoms with Crippen LogP contribution in [0.15, 0.2) is 66.0 Å². The van der Waals surface area contributed by atoms with Gasteiger partial charge in [0.05, 0.1) is 12.5 Å². The lowest BCUT2D eigenvalue weighted by Crippen LogP contribution is -2.03. The van der Waals surface area contributed by atoms with Gasteiger partial charge in [-0.15, -0.1) is 0 Å². The summed E-state index contributed by atoms with van der Waals surface area (Å²) in [6, 6.07) is 16.5. The molecule has 0 aliphatic carbocycles. The van der Waals surface area contributed by atoms with Gasteiger partial charge >= 0.3 is 0 Å². The van der Waals surface area contributed by atoms with E-state index in [4.69, 9.17) is 16.3 Å². The number of aromatic nitrogens is 3. The highest BCUT2D eigenvalue weighted by Crippen LogP contribution is 2.26. The van der Waals surface area contributed by atoms with Gasteiger partial charge < -0.3 is 9.30 Å². The van der Waals surface area contributed by atoms with E-state index in [1.54, 1.807) is 31.4 Å². The number of methoxy groups -OCH3 is 1. The van der Waals surface area contributed by atoms with Crippen LogP contribution in [0.1, 0.15) is 21.5 Å². The Labute approximate surface area is 177 Å². The predicted octanol–water partition coefficient (Wildman–Crippen LogP) is 5.09. The molecule has 4 rings (SSSR count). The molecule has 146 valence electrons. The first kappa shape index (κ1) is 19.5. The maximum atomic E-state index is 12.6. The molecule has 0 fully saturated rings. The maximum absolute atomic E-state index is 12.6. The topological polar surface area (TPSA) is 57.0 Å². The van der Waals surface area contributed by atoms with Gasteiger partial charge in [-0.1, -0.05) is 47.6 Å². The average Bonchev–Trinajstić information content (AvgIpc) is 3.16. The molecule has 2 aromatic heterocycles. The Morgan fingerprint density at radius 2 is 1.69 bits per heavy atom. The molecule has 29 heavy (non-hydrogen) atoms. The van der Waals surface area contributed by atoms with Gasteiger partial charge in [-0.25, -0.2) is 4.98 Å². The van der Waals surface area contributed by atoms with Crippen LogP contribution in [0.3, 0.4) is 0 Å². The normalized spacial score (nSPS) is 11.0. The van der Waals surface area contributed by atoms with Gasteiger partial charge in [0.25, 0.3) is 0 Å². The van der Waals surface area contributed by atoms with Crippen LogP contribution in [0, 0.1) is 0 Å². The van der Waals surface area contributed by atoms with Gasteiger partial charge in [-0.3, -0.25) is 4.79 Å². The number of hydrogen-bond acceptors (Lipinski definition) is 5. The molecule has 5 nitrogen and oxygen atoms in total. The van der Waals surface area contributed by atoms with Crippen LogP contribution in [0.5, 0.6) is 5.88 Å². The number of rotatable bonds is 6. The minimum atomic E-state index is -0.0262. The van der Waals surface area contributed by atoms with Crippen molar-refractivity contribution in [2.75, 3.05) is 13.4 Å². The van der Waals surface area contributed by atoms with Crippen LogP contribution < -0.4 is 4.74 Å². The zero-order chi connectivity index (χ0) is 20.4. The van der Waals surface area contributed by atoms with E-state index in [2.05, 4.69) is 14.5 Å². The Kier molecular flexibility index (Phi) is 5.56. The highest BCUT2D eigenvalue weighted by Gasteiger charge is 2.13. The molecular formula is C22H18ClN3O2S. The number of nitrogens with zero attached hydrogens (tertiary/aromatic N) is 3. The number of ether oxygens (including phenoxy) is 1. The van der Waals surface area contributed by atoms with E-state index in [-0.39, 0.29) is 5.78 Å². The SMILES string of the molecule is COc1nc(SC)nc2c1ccn2Cc1ccc(C(=O)c2ccc(Cl)cc2)cc1. The highest BCUT2D eigenvalue weighted by atomic mass is 35.5. The molecule has 0 bridgehead atoms. The molecule has 2 heterocycles. The summed E-state index contributed by atoms with van der Waals surface area (Å²) in [5.74, 6) is 0.545. The van der Waals surface area contributed by atoms with E-state index in [0.29, 0.717) is 33.7 Å². The van der Waals surface area contributed by atoms with Crippen LogP contribution in [0.2, 0.25) is 5.02 Å². The number of carbonyl (C=O) groups is 1. The largest absolute Gasteiger partial charge is 0.480 e. The molecule has 2 aromatic carbocycles. The van der Waals surface area contributed by atoms with E-state index in [0.717, 1.165) is 16.6 Å². The van der Waals surface area contributed by atoms with Crippen molar-refractivity contribution in [2.24, 2.45) is 0 Å². The molecule has 0 aliphatic rings. The van der Waals surface area contributed by atoms with Crippen molar-refractivity contribution in [1.29, 1.82) is 0 Å². The number of ketones is 1. The average molecular weight is 424 g/mol. The fourth-order valence-electron chi connectivity index (χ4n) is 3.12. The predicted molar refractivity (Wildman–Crippen MR) is 116 cm³/mol. The Hall–Kier alpha value is -2.83. The molecule has 0 radical (unpaired) electrons. The summed E-state index contributed by atoms with van der Waals surface area (Å²) in [6.07, 6.45) is 3.91. The third-order valence-electron chi connectivity index (χ3n) is 4.61. The summed E-state index contributed by atoms with van der Waals surface area (Å²) in [7, 11) is 1.61. The molecule has 0 saturated carbocycles. The number of benzene rings is 2. The fraction of sp³-hybridized carbons (Fsp3) is 0.136. The second kappa shape index (κ2) is 8.27. The first-order chi connectivity index (χ1) is 14.1. The molecule has 0 atom stereocenters. The molecule has 0 spiro atoms. The Bertz CT molecular complexity index is 1170. The summed E-state index contributed by atoms with van der Waals surface area (Å²) >= 11 is 7.37. The van der Waals surface area contributed by atoms with Crippen molar-refractivity contribution in [2.45, 2.75) is 11.7 Å². The van der Waals surface area contributed by atoms with Gasteiger partial charge in [0.2, 0.25) is 5.88 Å². The quantitative estimate of drug-likeness (QED) is 0.245. The molecule has 0 saturated heterocycles. The molecule has 0 N–H and O–H groups in total. The van der Waals surface area contributed by atoms with Gasteiger partial charge in [-0.05, 0) is 42.2 Å². The molecule has 0 amide bonds. The Morgan fingerprint density at radius 1 is 1.03 bits per heavy atom. The number of hydrogen-bond donors (Lipinski definition) is 0. The van der Waals surface area contributed by atoms with Crippen molar-refractivity contribution in [1.82, 2.24) is 14.5 Å². The third-order valence-corrected chi connectivity index (χ3v) is 5.41. The third kappa shape index (κ3) is 3.99. The summed E-state index contributed by atoms with van der Waals surface area (Å²) in [5.41, 5.74) is 3.15. The van der Waals surface area contributed by atoms with Crippen LogP contribution in [0.4, 0.5) is 0 Å². The van der Waals surface area contributed by atoms with Crippen LogP contribution in [-0.2, 0) is 6.54 Å². The number of fused-ring (bicyclic) bond motifs is 1. The first-order valence-corrected chi connectivity index (χ1v) is 10.5. The van der Waals surface area contributed by atoms with Crippen molar-refractivity contribution in [3.05, 3.63) is 82.5 Å². The van der Waals surface area contributed by atoms with E-state index >= 15 is 0 Å². The van der Waals surface area contributed by atoms with Gasteiger partial charge in [0, 0.05) is 28.9 Å². The monoisotopic (exact) mass is 423 g/mol. The summed E-state index contributed by atoms with van der Waals surface area (Å²) in [6.45, 7) is 0.632. The Balaban J connectivity index is 1.59.